The summed E-state index contributed by atoms with van der Waals surface area (Å²) >= 11 is 0. The van der Waals surface area contributed by atoms with Gasteiger partial charge >= 0.3 is 11.9 Å². The number of carbonyl (C=O) groups is 2. The quantitative estimate of drug-likeness (QED) is 0.561. The lowest BCUT2D eigenvalue weighted by Gasteiger charge is -2.27. The number of hydrogen-bond acceptors (Lipinski definition) is 6. The second-order valence-electron chi connectivity index (χ2n) is 7.94. The third-order valence-electron chi connectivity index (χ3n) is 5.04. The molecule has 0 N–H and O–H groups in total. The number of rotatable bonds is 4. The Morgan fingerprint density at radius 1 is 0.667 bits per heavy atom. The largest absolute Gasteiger partial charge is 0.424 e. The molecule has 160 valence electrons. The molecule has 0 aliphatic carbocycles. The summed E-state index contributed by atoms with van der Waals surface area (Å²) in [6.45, 7) is 11.4. The molecule has 1 fully saturated rings. The Balaban J connectivity index is 1.58. The SMILES string of the molecule is Cc1cc(C)c(OC(=O)[C@@H]2CO[C@@H](C(=O)Oc3c(C)cc(C)cc3C)CO2)c(C)c1. The lowest BCUT2D eigenvalue weighted by atomic mass is 10.1. The smallest absolute Gasteiger partial charge is 0.343 e. The Morgan fingerprint density at radius 3 is 1.23 bits per heavy atom. The molecule has 0 bridgehead atoms. The molecular weight excluding hydrogens is 384 g/mol. The molecule has 1 aliphatic heterocycles. The highest BCUT2D eigenvalue weighted by atomic mass is 16.6. The molecule has 1 saturated heterocycles. The van der Waals surface area contributed by atoms with Crippen molar-refractivity contribution in [2.24, 2.45) is 0 Å². The number of aryl methyl sites for hydroxylation is 6. The molecule has 3 rings (SSSR count). The second-order valence-corrected chi connectivity index (χ2v) is 7.94. The van der Waals surface area contributed by atoms with Crippen LogP contribution >= 0.6 is 0 Å². The van der Waals surface area contributed by atoms with E-state index in [-0.39, 0.29) is 13.2 Å². The van der Waals surface area contributed by atoms with E-state index in [0.717, 1.165) is 33.4 Å². The zero-order valence-electron chi connectivity index (χ0n) is 18.3. The highest BCUT2D eigenvalue weighted by Gasteiger charge is 2.34. The van der Waals surface area contributed by atoms with E-state index >= 15 is 0 Å². The lowest BCUT2D eigenvalue weighted by Crippen LogP contribution is -2.46. The third-order valence-corrected chi connectivity index (χ3v) is 5.04. The average Bonchev–Trinajstić information content (AvgIpc) is 2.67. The maximum atomic E-state index is 12.5. The second kappa shape index (κ2) is 8.98. The van der Waals surface area contributed by atoms with Crippen LogP contribution < -0.4 is 9.47 Å². The van der Waals surface area contributed by atoms with Crippen molar-refractivity contribution in [3.8, 4) is 11.5 Å². The Hall–Kier alpha value is -2.70. The highest BCUT2D eigenvalue weighted by Crippen LogP contribution is 2.27. The van der Waals surface area contributed by atoms with Gasteiger partial charge in [0.05, 0.1) is 13.2 Å². The Labute approximate surface area is 177 Å². The molecule has 2 atom stereocenters. The number of esters is 2. The van der Waals surface area contributed by atoms with Gasteiger partial charge in [-0.2, -0.15) is 0 Å². The maximum Gasteiger partial charge on any atom is 0.343 e. The fourth-order valence-electron chi connectivity index (χ4n) is 3.76. The van der Waals surface area contributed by atoms with Gasteiger partial charge in [-0.05, 0) is 63.8 Å². The van der Waals surface area contributed by atoms with Crippen LogP contribution in [0.2, 0.25) is 0 Å². The average molecular weight is 412 g/mol. The van der Waals surface area contributed by atoms with Crippen LogP contribution in [0.25, 0.3) is 0 Å². The summed E-state index contributed by atoms with van der Waals surface area (Å²) in [5.41, 5.74) is 5.71. The van der Waals surface area contributed by atoms with Crippen molar-refractivity contribution in [3.63, 3.8) is 0 Å². The first-order chi connectivity index (χ1) is 14.2. The lowest BCUT2D eigenvalue weighted by molar-refractivity contribution is -0.184. The molecule has 6 heteroatoms. The molecule has 6 nitrogen and oxygen atoms in total. The van der Waals surface area contributed by atoms with E-state index in [1.807, 2.05) is 65.8 Å². The van der Waals surface area contributed by atoms with Gasteiger partial charge in [0, 0.05) is 0 Å². The molecule has 0 aromatic heterocycles. The van der Waals surface area contributed by atoms with Crippen LogP contribution in [0.4, 0.5) is 0 Å². The van der Waals surface area contributed by atoms with E-state index in [9.17, 15) is 9.59 Å². The van der Waals surface area contributed by atoms with E-state index in [2.05, 4.69) is 0 Å². The minimum Gasteiger partial charge on any atom is -0.424 e. The fourth-order valence-corrected chi connectivity index (χ4v) is 3.76. The van der Waals surface area contributed by atoms with Gasteiger partial charge in [-0.15, -0.1) is 0 Å². The maximum absolute atomic E-state index is 12.5. The van der Waals surface area contributed by atoms with Crippen LogP contribution in [0.5, 0.6) is 11.5 Å². The monoisotopic (exact) mass is 412 g/mol. The van der Waals surface area contributed by atoms with Gasteiger partial charge in [0.15, 0.2) is 12.2 Å². The molecule has 1 aliphatic rings. The first-order valence-corrected chi connectivity index (χ1v) is 9.98. The van der Waals surface area contributed by atoms with Gasteiger partial charge in [0.25, 0.3) is 0 Å². The van der Waals surface area contributed by atoms with Crippen LogP contribution in [0.3, 0.4) is 0 Å². The Bertz CT molecular complexity index is 844. The van der Waals surface area contributed by atoms with Crippen molar-refractivity contribution in [1.29, 1.82) is 0 Å². The topological polar surface area (TPSA) is 71.1 Å². The molecule has 2 aromatic carbocycles. The summed E-state index contributed by atoms with van der Waals surface area (Å²) < 4.78 is 22.2. The Kier molecular flexibility index (Phi) is 6.58. The van der Waals surface area contributed by atoms with Gasteiger partial charge in [-0.25, -0.2) is 9.59 Å². The van der Waals surface area contributed by atoms with E-state index in [1.165, 1.54) is 0 Å². The Morgan fingerprint density at radius 2 is 0.967 bits per heavy atom. The molecule has 0 amide bonds. The van der Waals surface area contributed by atoms with Gasteiger partial charge in [-0.3, -0.25) is 0 Å². The predicted molar refractivity (Wildman–Crippen MR) is 112 cm³/mol. The summed E-state index contributed by atoms with van der Waals surface area (Å²) in [5, 5.41) is 0. The van der Waals surface area contributed by atoms with Crippen LogP contribution in [0, 0.1) is 41.5 Å². The van der Waals surface area contributed by atoms with Gasteiger partial charge < -0.3 is 18.9 Å². The summed E-state index contributed by atoms with van der Waals surface area (Å²) in [4.78, 5) is 25.0. The van der Waals surface area contributed by atoms with Gasteiger partial charge in [0.2, 0.25) is 0 Å². The minimum absolute atomic E-state index is 0.0750. The third kappa shape index (κ3) is 4.89. The first-order valence-electron chi connectivity index (χ1n) is 9.98. The number of carbonyl (C=O) groups excluding carboxylic acids is 2. The normalized spacial score (nSPS) is 18.7. The van der Waals surface area contributed by atoms with Crippen molar-refractivity contribution >= 4 is 11.9 Å². The summed E-state index contributed by atoms with van der Waals surface area (Å²) in [5.74, 6) is -0.0219. The molecular formula is C24H28O6. The molecule has 0 saturated carbocycles. The first kappa shape index (κ1) is 22.0. The predicted octanol–water partition coefficient (Wildman–Crippen LogP) is 3.83. The van der Waals surface area contributed by atoms with Crippen LogP contribution in [-0.4, -0.2) is 37.4 Å². The fraction of sp³-hybridized carbons (Fsp3) is 0.417. The molecule has 0 unspecified atom stereocenters. The van der Waals surface area contributed by atoms with E-state index in [1.54, 1.807) is 0 Å². The highest BCUT2D eigenvalue weighted by molar-refractivity contribution is 5.80. The summed E-state index contributed by atoms with van der Waals surface area (Å²) in [6.07, 6.45) is -1.78. The van der Waals surface area contributed by atoms with E-state index < -0.39 is 24.1 Å². The molecule has 0 radical (unpaired) electrons. The standard InChI is InChI=1S/C24H28O6/c1-13-7-15(3)21(16(4)8-13)29-23(25)19-11-28-20(12-27-19)24(26)30-22-17(5)9-14(2)10-18(22)6/h7-10,19-20H,11-12H2,1-6H3/t19-,20+. The van der Waals surface area contributed by atoms with Gasteiger partial charge in [0.1, 0.15) is 11.5 Å². The molecule has 1 heterocycles. The zero-order valence-corrected chi connectivity index (χ0v) is 18.3. The van der Waals surface area contributed by atoms with Gasteiger partial charge in [-0.1, -0.05) is 35.4 Å². The zero-order chi connectivity index (χ0) is 22.0. The molecule has 0 spiro atoms. The van der Waals surface area contributed by atoms with E-state index in [0.29, 0.717) is 11.5 Å². The van der Waals surface area contributed by atoms with Crippen molar-refractivity contribution < 1.29 is 28.5 Å². The van der Waals surface area contributed by atoms with Crippen molar-refractivity contribution in [1.82, 2.24) is 0 Å². The summed E-state index contributed by atoms with van der Waals surface area (Å²) in [6, 6.07) is 7.81. The van der Waals surface area contributed by atoms with Crippen LogP contribution in [0.1, 0.15) is 33.4 Å². The molecule has 2 aromatic rings. The van der Waals surface area contributed by atoms with Crippen molar-refractivity contribution in [2.75, 3.05) is 13.2 Å². The van der Waals surface area contributed by atoms with Crippen LogP contribution in [0.15, 0.2) is 24.3 Å². The summed E-state index contributed by atoms with van der Waals surface area (Å²) in [7, 11) is 0. The van der Waals surface area contributed by atoms with Crippen molar-refractivity contribution in [2.45, 2.75) is 53.8 Å². The number of benzene rings is 2. The van der Waals surface area contributed by atoms with Crippen LogP contribution in [-0.2, 0) is 19.1 Å². The molecule has 30 heavy (non-hydrogen) atoms. The number of hydrogen-bond donors (Lipinski definition) is 0. The van der Waals surface area contributed by atoms with Crippen molar-refractivity contribution in [3.05, 3.63) is 57.6 Å². The van der Waals surface area contributed by atoms with E-state index in [4.69, 9.17) is 18.9 Å². The number of ether oxygens (including phenoxy) is 4. The minimum atomic E-state index is -0.892.